The lowest BCUT2D eigenvalue weighted by Crippen LogP contribution is -2.39. The summed E-state index contributed by atoms with van der Waals surface area (Å²) in [4.78, 5) is 13.8. The third-order valence-electron chi connectivity index (χ3n) is 2.90. The Morgan fingerprint density at radius 3 is 2.76 bits per heavy atom. The van der Waals surface area contributed by atoms with Crippen LogP contribution < -0.4 is 5.73 Å². The number of amides is 1. The molecule has 2 N–H and O–H groups in total. The molecule has 0 spiro atoms. The van der Waals surface area contributed by atoms with Gasteiger partial charge in [-0.1, -0.05) is 17.7 Å². The van der Waals surface area contributed by atoms with Crippen LogP contribution in [0.4, 0.5) is 10.5 Å². The lowest BCUT2D eigenvalue weighted by molar-refractivity contribution is 0.0273. The molecule has 7 heteroatoms. The number of nitrogens with two attached hydrogens (primary N) is 1. The summed E-state index contributed by atoms with van der Waals surface area (Å²) in [5, 5.41) is 8.07. The van der Waals surface area contributed by atoms with E-state index in [4.69, 9.17) is 22.1 Å². The molecule has 0 aromatic carbocycles. The molecule has 0 aliphatic carbocycles. The number of carbonyl (C=O) groups is 1. The van der Waals surface area contributed by atoms with Gasteiger partial charge in [0.1, 0.15) is 11.3 Å². The second kappa shape index (κ2) is 5.89. The summed E-state index contributed by atoms with van der Waals surface area (Å²) in [5.74, 6) is 0. The van der Waals surface area contributed by atoms with E-state index in [0.29, 0.717) is 24.5 Å². The number of halogens is 1. The molecule has 21 heavy (non-hydrogen) atoms. The lowest BCUT2D eigenvalue weighted by Gasteiger charge is -2.30. The van der Waals surface area contributed by atoms with Crippen molar-refractivity contribution in [2.24, 2.45) is 0 Å². The fraction of sp³-hybridized carbons (Fsp3) is 0.500. The summed E-state index contributed by atoms with van der Waals surface area (Å²) in [7, 11) is 0. The molecule has 0 bridgehead atoms. The van der Waals surface area contributed by atoms with Crippen molar-refractivity contribution < 1.29 is 9.53 Å². The molecular weight excluding hydrogens is 292 g/mol. The number of anilines is 1. The van der Waals surface area contributed by atoms with Gasteiger partial charge >= 0.3 is 6.09 Å². The highest BCUT2D eigenvalue weighted by atomic mass is 35.5. The molecule has 0 unspecified atom stereocenters. The van der Waals surface area contributed by atoms with Crippen molar-refractivity contribution in [2.75, 3.05) is 18.8 Å². The molecule has 1 aliphatic rings. The first-order valence-corrected chi connectivity index (χ1v) is 7.10. The number of aromatic nitrogens is 2. The second-order valence-electron chi connectivity index (χ2n) is 5.89. The van der Waals surface area contributed by atoms with Gasteiger partial charge in [-0.05, 0) is 32.8 Å². The van der Waals surface area contributed by atoms with Gasteiger partial charge in [-0.2, -0.15) is 0 Å². The predicted molar refractivity (Wildman–Crippen MR) is 81.9 cm³/mol. The number of hydrogen-bond donors (Lipinski definition) is 1. The summed E-state index contributed by atoms with van der Waals surface area (Å²) in [5.41, 5.74) is 7.27. The molecule has 1 aromatic rings. The van der Waals surface area contributed by atoms with Crippen molar-refractivity contribution in [2.45, 2.75) is 32.8 Å². The van der Waals surface area contributed by atoms with Crippen molar-refractivity contribution in [3.8, 4) is 0 Å². The molecule has 114 valence electrons. The Morgan fingerprint density at radius 2 is 2.14 bits per heavy atom. The second-order valence-corrected chi connectivity index (χ2v) is 6.28. The highest BCUT2D eigenvalue weighted by molar-refractivity contribution is 6.29. The van der Waals surface area contributed by atoms with Gasteiger partial charge < -0.3 is 15.4 Å². The van der Waals surface area contributed by atoms with E-state index in [2.05, 4.69) is 10.2 Å². The highest BCUT2D eigenvalue weighted by Gasteiger charge is 2.25. The third-order valence-corrected chi connectivity index (χ3v) is 3.09. The van der Waals surface area contributed by atoms with E-state index in [1.54, 1.807) is 11.0 Å². The highest BCUT2D eigenvalue weighted by Crippen LogP contribution is 2.25. The average molecular weight is 311 g/mol. The SMILES string of the molecule is CC(C)(C)OC(=O)N1CCC=C(c2nnc(Cl)cc2N)C1. The first-order valence-electron chi connectivity index (χ1n) is 6.72. The minimum atomic E-state index is -0.516. The van der Waals surface area contributed by atoms with Crippen LogP contribution in [0.2, 0.25) is 5.15 Å². The van der Waals surface area contributed by atoms with Gasteiger partial charge in [-0.25, -0.2) is 4.79 Å². The molecule has 0 saturated heterocycles. The smallest absolute Gasteiger partial charge is 0.410 e. The van der Waals surface area contributed by atoms with Gasteiger partial charge in [-0.15, -0.1) is 10.2 Å². The van der Waals surface area contributed by atoms with Crippen LogP contribution in [0.25, 0.3) is 5.57 Å². The van der Waals surface area contributed by atoms with Crippen molar-refractivity contribution in [3.63, 3.8) is 0 Å². The molecule has 1 amide bonds. The fourth-order valence-corrected chi connectivity index (χ4v) is 2.18. The minimum absolute atomic E-state index is 0.247. The Hall–Kier alpha value is -1.82. The Kier molecular flexibility index (Phi) is 4.37. The number of ether oxygens (including phenoxy) is 1. The monoisotopic (exact) mass is 310 g/mol. The quantitative estimate of drug-likeness (QED) is 0.862. The number of hydrogen-bond acceptors (Lipinski definition) is 5. The largest absolute Gasteiger partial charge is 0.444 e. The van der Waals surface area contributed by atoms with E-state index < -0.39 is 5.60 Å². The molecular formula is C14H19ClN4O2. The first-order chi connectivity index (χ1) is 9.76. The number of carbonyl (C=O) groups excluding carboxylic acids is 1. The molecule has 2 heterocycles. The molecule has 0 saturated carbocycles. The molecule has 0 atom stereocenters. The molecule has 6 nitrogen and oxygen atoms in total. The van der Waals surface area contributed by atoms with Crippen LogP contribution in [0.1, 0.15) is 32.9 Å². The van der Waals surface area contributed by atoms with E-state index in [1.165, 1.54) is 0 Å². The van der Waals surface area contributed by atoms with Gasteiger partial charge in [0.15, 0.2) is 5.15 Å². The van der Waals surface area contributed by atoms with Crippen LogP contribution in [-0.2, 0) is 4.74 Å². The summed E-state index contributed by atoms with van der Waals surface area (Å²) in [6.45, 7) is 6.53. The van der Waals surface area contributed by atoms with Crippen LogP contribution >= 0.6 is 11.6 Å². The number of rotatable bonds is 1. The van der Waals surface area contributed by atoms with Crippen LogP contribution in [0.15, 0.2) is 12.1 Å². The van der Waals surface area contributed by atoms with Crippen molar-refractivity contribution in [1.29, 1.82) is 0 Å². The normalized spacial score (nSPS) is 15.6. The van der Waals surface area contributed by atoms with Crippen LogP contribution in [0.3, 0.4) is 0 Å². The first kappa shape index (κ1) is 15.6. The Morgan fingerprint density at radius 1 is 1.43 bits per heavy atom. The molecule has 2 rings (SSSR count). The van der Waals surface area contributed by atoms with Gasteiger partial charge in [0.25, 0.3) is 0 Å². The van der Waals surface area contributed by atoms with E-state index in [-0.39, 0.29) is 11.2 Å². The van der Waals surface area contributed by atoms with Crippen molar-refractivity contribution in [3.05, 3.63) is 23.0 Å². The maximum absolute atomic E-state index is 12.1. The molecule has 0 radical (unpaired) electrons. The van der Waals surface area contributed by atoms with Crippen LogP contribution in [0.5, 0.6) is 0 Å². The molecule has 0 fully saturated rings. The summed E-state index contributed by atoms with van der Waals surface area (Å²) >= 11 is 5.75. The average Bonchev–Trinajstić information content (AvgIpc) is 2.37. The summed E-state index contributed by atoms with van der Waals surface area (Å²) in [6, 6.07) is 1.55. The summed E-state index contributed by atoms with van der Waals surface area (Å²) < 4.78 is 5.38. The predicted octanol–water partition coefficient (Wildman–Crippen LogP) is 2.74. The molecule has 1 aromatic heterocycles. The van der Waals surface area contributed by atoms with Crippen molar-refractivity contribution in [1.82, 2.24) is 15.1 Å². The van der Waals surface area contributed by atoms with E-state index in [9.17, 15) is 4.79 Å². The zero-order chi connectivity index (χ0) is 15.6. The van der Waals surface area contributed by atoms with Crippen LogP contribution in [0, 0.1) is 0 Å². The Bertz CT molecular complexity index is 581. The maximum Gasteiger partial charge on any atom is 0.410 e. The Balaban J connectivity index is 2.14. The maximum atomic E-state index is 12.1. The summed E-state index contributed by atoms with van der Waals surface area (Å²) in [6.07, 6.45) is 2.39. The topological polar surface area (TPSA) is 81.3 Å². The standard InChI is InChI=1S/C14H19ClN4O2/c1-14(2,3)21-13(20)19-6-4-5-9(8-19)12-10(16)7-11(15)17-18-12/h5,7H,4,6,8H2,1-3H3,(H2,16,17). The number of nitrogens with zero attached hydrogens (tertiary/aromatic N) is 3. The fourth-order valence-electron chi connectivity index (χ4n) is 2.03. The van der Waals surface area contributed by atoms with E-state index in [1.807, 2.05) is 26.8 Å². The van der Waals surface area contributed by atoms with Gasteiger partial charge in [0.2, 0.25) is 0 Å². The van der Waals surface area contributed by atoms with Crippen LogP contribution in [-0.4, -0.2) is 39.9 Å². The minimum Gasteiger partial charge on any atom is -0.444 e. The lowest BCUT2D eigenvalue weighted by atomic mass is 10.1. The zero-order valence-electron chi connectivity index (χ0n) is 12.4. The van der Waals surface area contributed by atoms with E-state index >= 15 is 0 Å². The zero-order valence-corrected chi connectivity index (χ0v) is 13.1. The van der Waals surface area contributed by atoms with Gasteiger partial charge in [-0.3, -0.25) is 0 Å². The van der Waals surface area contributed by atoms with Gasteiger partial charge in [0.05, 0.1) is 12.2 Å². The third kappa shape index (κ3) is 4.07. The Labute approximate surface area is 128 Å². The van der Waals surface area contributed by atoms with Gasteiger partial charge in [0, 0.05) is 12.6 Å². The van der Waals surface area contributed by atoms with E-state index in [0.717, 1.165) is 12.0 Å². The van der Waals surface area contributed by atoms with Crippen molar-refractivity contribution >= 4 is 29.0 Å². The number of nitrogen functional groups attached to an aromatic ring is 1. The molecule has 1 aliphatic heterocycles.